The van der Waals surface area contributed by atoms with Crippen LogP contribution in [-0.2, 0) is 14.8 Å². The van der Waals surface area contributed by atoms with E-state index < -0.39 is 22.5 Å². The number of hydrogen-bond acceptors (Lipinski definition) is 6. The Bertz CT molecular complexity index is 1660. The van der Waals surface area contributed by atoms with E-state index in [9.17, 15) is 18.0 Å². The van der Waals surface area contributed by atoms with Gasteiger partial charge in [-0.05, 0) is 55.0 Å². The number of ether oxygens (including phenoxy) is 2. The lowest BCUT2D eigenvalue weighted by atomic mass is 10.0. The molecule has 0 spiro atoms. The van der Waals surface area contributed by atoms with Crippen molar-refractivity contribution in [3.05, 3.63) is 113 Å². The number of carbonyl (C=O) groups excluding carboxylic acids is 2. The molecule has 0 saturated heterocycles. The molecule has 0 fully saturated rings. The molecule has 206 valence electrons. The van der Waals surface area contributed by atoms with E-state index in [2.05, 4.69) is 5.32 Å². The minimum Gasteiger partial charge on any atom is -0.497 e. The first-order chi connectivity index (χ1) is 19.1. The van der Waals surface area contributed by atoms with E-state index in [4.69, 9.17) is 21.1 Å². The summed E-state index contributed by atoms with van der Waals surface area (Å²) >= 11 is 6.17. The van der Waals surface area contributed by atoms with Crippen LogP contribution in [0.25, 0.3) is 0 Å². The van der Waals surface area contributed by atoms with Crippen LogP contribution in [0, 0.1) is 6.92 Å². The number of amides is 1. The number of halogens is 1. The van der Waals surface area contributed by atoms with Gasteiger partial charge in [0.1, 0.15) is 22.9 Å². The third-order valence-electron chi connectivity index (χ3n) is 6.05. The maximum Gasteiger partial charge on any atom is 0.268 e. The quantitative estimate of drug-likeness (QED) is 0.241. The number of nitrogens with one attached hydrogen (secondary N) is 1. The van der Waals surface area contributed by atoms with E-state index in [1.807, 2.05) is 0 Å². The lowest BCUT2D eigenvalue weighted by Gasteiger charge is -2.25. The molecule has 0 bridgehead atoms. The van der Waals surface area contributed by atoms with Gasteiger partial charge in [0.2, 0.25) is 5.91 Å². The Hall–Kier alpha value is -4.34. The molecular formula is C30H27ClN2O6S. The zero-order valence-electron chi connectivity index (χ0n) is 22.1. The molecule has 0 saturated carbocycles. The van der Waals surface area contributed by atoms with E-state index in [1.165, 1.54) is 44.6 Å². The number of rotatable bonds is 10. The normalized spacial score (nSPS) is 11.0. The van der Waals surface area contributed by atoms with Gasteiger partial charge in [0.15, 0.2) is 5.78 Å². The summed E-state index contributed by atoms with van der Waals surface area (Å²) in [6, 6.07) is 24.2. The molecule has 0 radical (unpaired) electrons. The van der Waals surface area contributed by atoms with Crippen LogP contribution in [0.5, 0.6) is 11.5 Å². The Kier molecular flexibility index (Phi) is 8.77. The number of ketones is 1. The second-order valence-corrected chi connectivity index (χ2v) is 11.1. The molecule has 0 unspecified atom stereocenters. The smallest absolute Gasteiger partial charge is 0.268 e. The highest BCUT2D eigenvalue weighted by Crippen LogP contribution is 2.32. The lowest BCUT2D eigenvalue weighted by molar-refractivity contribution is -0.114. The summed E-state index contributed by atoms with van der Waals surface area (Å²) < 4.78 is 39.6. The summed E-state index contributed by atoms with van der Waals surface area (Å²) in [5.41, 5.74) is 1.67. The van der Waals surface area contributed by atoms with Crippen molar-refractivity contribution in [2.24, 2.45) is 0 Å². The summed E-state index contributed by atoms with van der Waals surface area (Å²) in [6.45, 7) is 1.15. The number of nitrogens with zero attached hydrogens (tertiary/aromatic N) is 1. The molecule has 0 atom stereocenters. The fourth-order valence-electron chi connectivity index (χ4n) is 4.06. The van der Waals surface area contributed by atoms with Crippen LogP contribution < -0.4 is 19.1 Å². The topological polar surface area (TPSA) is 102 Å². The predicted molar refractivity (Wildman–Crippen MR) is 155 cm³/mol. The largest absolute Gasteiger partial charge is 0.497 e. The molecule has 4 rings (SSSR count). The van der Waals surface area contributed by atoms with Crippen LogP contribution in [0.1, 0.15) is 21.5 Å². The molecule has 8 nitrogen and oxygen atoms in total. The van der Waals surface area contributed by atoms with E-state index in [0.717, 1.165) is 4.31 Å². The SMILES string of the molecule is COc1cccc(N(CC(=O)Nc2ccc(Cl)cc2C(=O)c2ccccc2)S(=O)(=O)c2cc(C)ccc2OC)c1. The highest BCUT2D eigenvalue weighted by atomic mass is 35.5. The number of sulfonamides is 1. The summed E-state index contributed by atoms with van der Waals surface area (Å²) in [5, 5.41) is 3.00. The van der Waals surface area contributed by atoms with Crippen molar-refractivity contribution >= 4 is 44.7 Å². The summed E-state index contributed by atoms with van der Waals surface area (Å²) in [7, 11) is -1.47. The van der Waals surface area contributed by atoms with Crippen molar-refractivity contribution in [3.63, 3.8) is 0 Å². The van der Waals surface area contributed by atoms with E-state index in [-0.39, 0.29) is 33.4 Å². The maximum atomic E-state index is 14.0. The van der Waals surface area contributed by atoms with Crippen LogP contribution in [0.2, 0.25) is 5.02 Å². The van der Waals surface area contributed by atoms with E-state index >= 15 is 0 Å². The average molecular weight is 579 g/mol. The Labute approximate surface area is 238 Å². The van der Waals surface area contributed by atoms with Gasteiger partial charge < -0.3 is 14.8 Å². The Balaban J connectivity index is 1.73. The number of methoxy groups -OCH3 is 2. The van der Waals surface area contributed by atoms with Gasteiger partial charge in [-0.15, -0.1) is 0 Å². The van der Waals surface area contributed by atoms with Gasteiger partial charge in [-0.3, -0.25) is 13.9 Å². The summed E-state index contributed by atoms with van der Waals surface area (Å²) in [4.78, 5) is 26.5. The van der Waals surface area contributed by atoms with Crippen molar-refractivity contribution in [3.8, 4) is 11.5 Å². The minimum absolute atomic E-state index is 0.0999. The van der Waals surface area contributed by atoms with E-state index in [0.29, 0.717) is 21.9 Å². The fourth-order valence-corrected chi connectivity index (χ4v) is 5.89. The molecule has 4 aromatic carbocycles. The minimum atomic E-state index is -4.30. The molecule has 40 heavy (non-hydrogen) atoms. The molecule has 10 heteroatoms. The zero-order valence-corrected chi connectivity index (χ0v) is 23.6. The van der Waals surface area contributed by atoms with Crippen LogP contribution >= 0.6 is 11.6 Å². The Morgan fingerprint density at radius 1 is 0.875 bits per heavy atom. The van der Waals surface area contributed by atoms with Gasteiger partial charge in [0.25, 0.3) is 10.0 Å². The highest BCUT2D eigenvalue weighted by Gasteiger charge is 2.31. The van der Waals surface area contributed by atoms with Crippen molar-refractivity contribution in [2.45, 2.75) is 11.8 Å². The van der Waals surface area contributed by atoms with Crippen LogP contribution in [0.3, 0.4) is 0 Å². The first-order valence-electron chi connectivity index (χ1n) is 12.1. The summed E-state index contributed by atoms with van der Waals surface area (Å²) in [5.74, 6) is -0.488. The second kappa shape index (κ2) is 12.2. The van der Waals surface area contributed by atoms with Crippen molar-refractivity contribution in [2.75, 3.05) is 30.4 Å². The van der Waals surface area contributed by atoms with Crippen LogP contribution in [0.15, 0.2) is 95.9 Å². The lowest BCUT2D eigenvalue weighted by Crippen LogP contribution is -2.38. The number of hydrogen-bond donors (Lipinski definition) is 1. The van der Waals surface area contributed by atoms with Crippen molar-refractivity contribution < 1.29 is 27.5 Å². The molecular weight excluding hydrogens is 552 g/mol. The molecule has 0 aromatic heterocycles. The first kappa shape index (κ1) is 28.7. The van der Waals surface area contributed by atoms with Gasteiger partial charge in [0.05, 0.1) is 25.6 Å². The number of carbonyl (C=O) groups is 2. The number of anilines is 2. The molecule has 0 aliphatic carbocycles. The standard InChI is InChI=1S/C30H27ClN2O6S/c1-20-12-15-27(39-3)28(16-20)40(36,37)33(23-10-7-11-24(18-23)38-2)19-29(34)32-26-14-13-22(31)17-25(26)30(35)21-8-5-4-6-9-21/h4-18H,19H2,1-3H3,(H,32,34). The van der Waals surface area contributed by atoms with Gasteiger partial charge in [0, 0.05) is 22.2 Å². The Morgan fingerprint density at radius 2 is 1.62 bits per heavy atom. The van der Waals surface area contributed by atoms with Crippen molar-refractivity contribution in [1.29, 1.82) is 0 Å². The zero-order chi connectivity index (χ0) is 28.9. The third kappa shape index (κ3) is 6.27. The molecule has 0 heterocycles. The predicted octanol–water partition coefficient (Wildman–Crippen LogP) is 5.73. The second-order valence-electron chi connectivity index (χ2n) is 8.80. The van der Waals surface area contributed by atoms with Gasteiger partial charge in [-0.2, -0.15) is 0 Å². The molecule has 1 N–H and O–H groups in total. The average Bonchev–Trinajstić information content (AvgIpc) is 2.96. The fraction of sp³-hybridized carbons (Fsp3) is 0.133. The van der Waals surface area contributed by atoms with Crippen LogP contribution in [0.4, 0.5) is 11.4 Å². The molecule has 1 amide bonds. The summed E-state index contributed by atoms with van der Waals surface area (Å²) in [6.07, 6.45) is 0. The monoisotopic (exact) mass is 578 g/mol. The third-order valence-corrected chi connectivity index (χ3v) is 8.08. The van der Waals surface area contributed by atoms with Gasteiger partial charge in [-0.1, -0.05) is 54.1 Å². The van der Waals surface area contributed by atoms with Gasteiger partial charge in [-0.25, -0.2) is 8.42 Å². The number of aryl methyl sites for hydroxylation is 1. The maximum absolute atomic E-state index is 14.0. The van der Waals surface area contributed by atoms with Crippen molar-refractivity contribution in [1.82, 2.24) is 0 Å². The highest BCUT2D eigenvalue weighted by molar-refractivity contribution is 7.93. The first-order valence-corrected chi connectivity index (χ1v) is 14.0. The molecule has 0 aliphatic rings. The Morgan fingerprint density at radius 3 is 2.33 bits per heavy atom. The number of benzene rings is 4. The van der Waals surface area contributed by atoms with Gasteiger partial charge >= 0.3 is 0 Å². The van der Waals surface area contributed by atoms with E-state index in [1.54, 1.807) is 67.6 Å². The molecule has 4 aromatic rings. The van der Waals surface area contributed by atoms with Crippen LogP contribution in [-0.4, -0.2) is 40.9 Å². The molecule has 0 aliphatic heterocycles.